The molecule has 1 atom stereocenters. The van der Waals surface area contributed by atoms with E-state index < -0.39 is 8.07 Å². The lowest BCUT2D eigenvalue weighted by Gasteiger charge is -2.22. The molecule has 1 heterocycles. The van der Waals surface area contributed by atoms with Gasteiger partial charge < -0.3 is 9.47 Å². The SMILES string of the molecule is C[Si](C)(C)/C=C/CCCOC1CCCCO1. The molecule has 0 aromatic rings. The van der Waals surface area contributed by atoms with Crippen LogP contribution >= 0.6 is 0 Å². The molecule has 0 spiro atoms. The molecule has 0 aromatic heterocycles. The molecule has 0 radical (unpaired) electrons. The van der Waals surface area contributed by atoms with Gasteiger partial charge in [0.15, 0.2) is 6.29 Å². The summed E-state index contributed by atoms with van der Waals surface area (Å²) >= 11 is 0. The van der Waals surface area contributed by atoms with Crippen LogP contribution in [-0.4, -0.2) is 27.6 Å². The average molecular weight is 242 g/mol. The third-order valence-electron chi connectivity index (χ3n) is 2.57. The molecule has 0 bridgehead atoms. The Hall–Kier alpha value is -0.123. The quantitative estimate of drug-likeness (QED) is 0.522. The molecule has 1 aliphatic rings. The van der Waals surface area contributed by atoms with Gasteiger partial charge >= 0.3 is 0 Å². The van der Waals surface area contributed by atoms with Crippen LogP contribution in [0.25, 0.3) is 0 Å². The summed E-state index contributed by atoms with van der Waals surface area (Å²) in [6, 6.07) is 0. The van der Waals surface area contributed by atoms with Gasteiger partial charge in [0.05, 0.1) is 14.7 Å². The minimum Gasteiger partial charge on any atom is -0.353 e. The zero-order valence-corrected chi connectivity index (χ0v) is 12.0. The minimum absolute atomic E-state index is 0.0784. The first-order chi connectivity index (χ1) is 7.58. The average Bonchev–Trinajstić information content (AvgIpc) is 2.23. The Morgan fingerprint density at radius 3 is 2.75 bits per heavy atom. The molecular weight excluding hydrogens is 216 g/mol. The molecule has 1 saturated heterocycles. The van der Waals surface area contributed by atoms with Gasteiger partial charge in [0.25, 0.3) is 0 Å². The zero-order chi connectivity index (χ0) is 11.9. The number of ether oxygens (including phenoxy) is 2. The first-order valence-electron chi connectivity index (χ1n) is 6.49. The van der Waals surface area contributed by atoms with Crippen LogP contribution in [0.1, 0.15) is 32.1 Å². The summed E-state index contributed by atoms with van der Waals surface area (Å²) in [7, 11) is -0.996. The third kappa shape index (κ3) is 7.20. The molecule has 2 nitrogen and oxygen atoms in total. The highest BCUT2D eigenvalue weighted by Crippen LogP contribution is 2.14. The van der Waals surface area contributed by atoms with Crippen molar-refractivity contribution >= 4 is 8.07 Å². The van der Waals surface area contributed by atoms with Crippen LogP contribution < -0.4 is 0 Å². The molecule has 1 aliphatic heterocycles. The summed E-state index contributed by atoms with van der Waals surface area (Å²) in [4.78, 5) is 0. The predicted molar refractivity (Wildman–Crippen MR) is 71.3 cm³/mol. The molecule has 1 fully saturated rings. The van der Waals surface area contributed by atoms with Crippen molar-refractivity contribution in [2.45, 2.75) is 58.0 Å². The number of allylic oxidation sites excluding steroid dienone is 1. The maximum absolute atomic E-state index is 5.67. The molecule has 94 valence electrons. The number of hydrogen-bond acceptors (Lipinski definition) is 2. The second-order valence-corrected chi connectivity index (χ2v) is 10.6. The smallest absolute Gasteiger partial charge is 0.157 e. The van der Waals surface area contributed by atoms with Gasteiger partial charge in [-0.05, 0) is 32.1 Å². The topological polar surface area (TPSA) is 18.5 Å². The van der Waals surface area contributed by atoms with Crippen molar-refractivity contribution in [1.29, 1.82) is 0 Å². The second-order valence-electron chi connectivity index (χ2n) is 5.58. The Morgan fingerprint density at radius 1 is 1.31 bits per heavy atom. The Morgan fingerprint density at radius 2 is 2.12 bits per heavy atom. The maximum atomic E-state index is 5.67. The molecule has 3 heteroatoms. The molecular formula is C13H26O2Si. The molecule has 0 amide bonds. The zero-order valence-electron chi connectivity index (χ0n) is 11.0. The van der Waals surface area contributed by atoms with Crippen molar-refractivity contribution in [3.8, 4) is 0 Å². The van der Waals surface area contributed by atoms with E-state index in [-0.39, 0.29) is 6.29 Å². The largest absolute Gasteiger partial charge is 0.353 e. The summed E-state index contributed by atoms with van der Waals surface area (Å²) < 4.78 is 11.2. The van der Waals surface area contributed by atoms with Crippen LogP contribution in [0, 0.1) is 0 Å². The Labute approximate surface area is 101 Å². The van der Waals surface area contributed by atoms with Crippen molar-refractivity contribution in [3.05, 3.63) is 11.8 Å². The van der Waals surface area contributed by atoms with Crippen molar-refractivity contribution in [2.75, 3.05) is 13.2 Å². The summed E-state index contributed by atoms with van der Waals surface area (Å²) in [6.45, 7) is 8.78. The summed E-state index contributed by atoms with van der Waals surface area (Å²) in [5.74, 6) is 0. The van der Waals surface area contributed by atoms with Crippen molar-refractivity contribution in [1.82, 2.24) is 0 Å². The van der Waals surface area contributed by atoms with E-state index in [1.807, 2.05) is 0 Å². The van der Waals surface area contributed by atoms with Gasteiger partial charge in [0.2, 0.25) is 0 Å². The molecule has 16 heavy (non-hydrogen) atoms. The van der Waals surface area contributed by atoms with E-state index in [1.54, 1.807) is 0 Å². The van der Waals surface area contributed by atoms with Gasteiger partial charge in [-0.15, -0.1) is 0 Å². The van der Waals surface area contributed by atoms with Gasteiger partial charge in [-0.25, -0.2) is 0 Å². The first-order valence-corrected chi connectivity index (χ1v) is 10.1. The Balaban J connectivity index is 1.97. The first kappa shape index (κ1) is 13.9. The normalized spacial score (nSPS) is 22.8. The Bertz CT molecular complexity index is 202. The van der Waals surface area contributed by atoms with Crippen LogP contribution in [-0.2, 0) is 9.47 Å². The van der Waals surface area contributed by atoms with E-state index in [0.29, 0.717) is 0 Å². The van der Waals surface area contributed by atoms with Crippen LogP contribution in [0.2, 0.25) is 19.6 Å². The maximum Gasteiger partial charge on any atom is 0.157 e. The highest BCUT2D eigenvalue weighted by atomic mass is 28.3. The minimum atomic E-state index is -0.996. The third-order valence-corrected chi connectivity index (χ3v) is 3.81. The molecule has 1 unspecified atom stereocenters. The molecule has 0 aliphatic carbocycles. The number of unbranched alkanes of at least 4 members (excludes halogenated alkanes) is 1. The lowest BCUT2D eigenvalue weighted by molar-refractivity contribution is -0.162. The lowest BCUT2D eigenvalue weighted by Crippen LogP contribution is -2.22. The summed E-state index contributed by atoms with van der Waals surface area (Å²) in [5, 5.41) is 0. The second kappa shape index (κ2) is 7.25. The van der Waals surface area contributed by atoms with Crippen LogP contribution in [0.5, 0.6) is 0 Å². The summed E-state index contributed by atoms with van der Waals surface area (Å²) in [5.41, 5.74) is 2.41. The highest BCUT2D eigenvalue weighted by Gasteiger charge is 2.13. The van der Waals surface area contributed by atoms with Crippen molar-refractivity contribution in [3.63, 3.8) is 0 Å². The van der Waals surface area contributed by atoms with Crippen LogP contribution in [0.3, 0.4) is 0 Å². The monoisotopic (exact) mass is 242 g/mol. The molecule has 1 rings (SSSR count). The van der Waals surface area contributed by atoms with E-state index in [1.165, 1.54) is 12.8 Å². The van der Waals surface area contributed by atoms with Crippen LogP contribution in [0.4, 0.5) is 0 Å². The summed E-state index contributed by atoms with van der Waals surface area (Å²) in [6.07, 6.45) is 8.16. The van der Waals surface area contributed by atoms with Gasteiger partial charge in [-0.3, -0.25) is 0 Å². The fourth-order valence-electron chi connectivity index (χ4n) is 1.70. The fourth-order valence-corrected chi connectivity index (χ4v) is 2.57. The van der Waals surface area contributed by atoms with Gasteiger partial charge in [-0.2, -0.15) is 0 Å². The highest BCUT2D eigenvalue weighted by molar-refractivity contribution is 6.80. The van der Waals surface area contributed by atoms with E-state index in [4.69, 9.17) is 9.47 Å². The van der Waals surface area contributed by atoms with Gasteiger partial charge in [0, 0.05) is 6.61 Å². The number of rotatable bonds is 6. The molecule has 0 aromatic carbocycles. The Kier molecular flexibility index (Phi) is 6.32. The van der Waals surface area contributed by atoms with Crippen molar-refractivity contribution in [2.24, 2.45) is 0 Å². The van der Waals surface area contributed by atoms with E-state index in [2.05, 4.69) is 31.4 Å². The standard InChI is InChI=1S/C13H26O2Si/c1-16(2,3)12-8-4-6-10-14-13-9-5-7-11-15-13/h8,12-13H,4-7,9-11H2,1-3H3/b12-8+. The fraction of sp³-hybridized carbons (Fsp3) is 0.846. The van der Waals surface area contributed by atoms with E-state index >= 15 is 0 Å². The van der Waals surface area contributed by atoms with Crippen LogP contribution in [0.15, 0.2) is 11.8 Å². The molecule has 0 saturated carbocycles. The van der Waals surface area contributed by atoms with E-state index in [0.717, 1.165) is 32.5 Å². The lowest BCUT2D eigenvalue weighted by atomic mass is 10.2. The van der Waals surface area contributed by atoms with Gasteiger partial charge in [0.1, 0.15) is 0 Å². The number of hydrogen-bond donors (Lipinski definition) is 0. The molecule has 0 N–H and O–H groups in total. The van der Waals surface area contributed by atoms with E-state index in [9.17, 15) is 0 Å². The van der Waals surface area contributed by atoms with Crippen molar-refractivity contribution < 1.29 is 9.47 Å². The van der Waals surface area contributed by atoms with Gasteiger partial charge in [-0.1, -0.05) is 31.4 Å². The predicted octanol–water partition coefficient (Wildman–Crippen LogP) is 3.74.